The molecule has 2 heterocycles. The number of nitrogens with zero attached hydrogens (tertiary/aromatic N) is 3. The molecule has 1 aliphatic rings. The maximum atomic E-state index is 12.5. The summed E-state index contributed by atoms with van der Waals surface area (Å²) in [5.41, 5.74) is 1.00. The summed E-state index contributed by atoms with van der Waals surface area (Å²) < 4.78 is 0. The van der Waals surface area contributed by atoms with E-state index >= 15 is 0 Å². The first kappa shape index (κ1) is 15.4. The molecule has 0 aliphatic carbocycles. The summed E-state index contributed by atoms with van der Waals surface area (Å²) >= 11 is 7.52. The lowest BCUT2D eigenvalue weighted by Crippen LogP contribution is -2.39. The number of benzene rings is 1. The second kappa shape index (κ2) is 6.75. The van der Waals surface area contributed by atoms with E-state index in [-0.39, 0.29) is 5.91 Å². The summed E-state index contributed by atoms with van der Waals surface area (Å²) in [5.74, 6) is 0.502. The normalized spacial score (nSPS) is 18.5. The molecule has 1 aromatic heterocycles. The first-order valence-corrected chi connectivity index (χ1v) is 8.63. The first-order chi connectivity index (χ1) is 10.6. The van der Waals surface area contributed by atoms with Crippen LogP contribution in [0.3, 0.4) is 0 Å². The molecule has 1 aromatic carbocycles. The minimum atomic E-state index is 0.174. The number of carbonyl (C=O) groups excluding carboxylic acids is 1. The van der Waals surface area contributed by atoms with Gasteiger partial charge in [-0.25, -0.2) is 0 Å². The number of amides is 1. The lowest BCUT2D eigenvalue weighted by Gasteiger charge is -2.31. The van der Waals surface area contributed by atoms with Crippen molar-refractivity contribution in [1.82, 2.24) is 15.1 Å². The molecular weight excluding hydrogens is 318 g/mol. The van der Waals surface area contributed by atoms with Gasteiger partial charge in [0.25, 0.3) is 0 Å². The average Bonchev–Trinajstić information content (AvgIpc) is 2.96. The van der Waals surface area contributed by atoms with Crippen molar-refractivity contribution < 1.29 is 4.79 Å². The molecule has 0 radical (unpaired) electrons. The molecule has 116 valence electrons. The van der Waals surface area contributed by atoms with Gasteiger partial charge in [0, 0.05) is 24.0 Å². The minimum absolute atomic E-state index is 0.174. The van der Waals surface area contributed by atoms with Crippen LogP contribution in [0.4, 0.5) is 0 Å². The van der Waals surface area contributed by atoms with E-state index < -0.39 is 0 Å². The van der Waals surface area contributed by atoms with Gasteiger partial charge in [0.05, 0.1) is 6.42 Å². The fourth-order valence-corrected chi connectivity index (χ4v) is 3.72. The SMILES string of the molecule is Cc1nnc([C@@H]2CCCN(C(=O)Cc3ccc(Cl)cc3)C2)s1. The van der Waals surface area contributed by atoms with E-state index in [4.69, 9.17) is 11.6 Å². The number of hydrogen-bond acceptors (Lipinski definition) is 4. The molecule has 4 nitrogen and oxygen atoms in total. The summed E-state index contributed by atoms with van der Waals surface area (Å²) in [6.45, 7) is 3.55. The Labute approximate surface area is 139 Å². The van der Waals surface area contributed by atoms with Crippen LogP contribution >= 0.6 is 22.9 Å². The number of aromatic nitrogens is 2. The van der Waals surface area contributed by atoms with Gasteiger partial charge in [0.2, 0.25) is 5.91 Å². The lowest BCUT2D eigenvalue weighted by atomic mass is 9.98. The molecule has 1 atom stereocenters. The monoisotopic (exact) mass is 335 g/mol. The third-order valence-corrected chi connectivity index (χ3v) is 5.19. The number of aryl methyl sites for hydroxylation is 1. The highest BCUT2D eigenvalue weighted by atomic mass is 35.5. The van der Waals surface area contributed by atoms with Crippen LogP contribution in [0.25, 0.3) is 0 Å². The van der Waals surface area contributed by atoms with Crippen LogP contribution in [-0.4, -0.2) is 34.1 Å². The van der Waals surface area contributed by atoms with Crippen molar-refractivity contribution in [2.24, 2.45) is 0 Å². The Balaban J connectivity index is 1.63. The molecule has 0 unspecified atom stereocenters. The van der Waals surface area contributed by atoms with Crippen molar-refractivity contribution in [3.8, 4) is 0 Å². The van der Waals surface area contributed by atoms with Crippen LogP contribution in [-0.2, 0) is 11.2 Å². The minimum Gasteiger partial charge on any atom is -0.342 e. The highest BCUT2D eigenvalue weighted by Gasteiger charge is 2.26. The summed E-state index contributed by atoms with van der Waals surface area (Å²) in [4.78, 5) is 14.5. The highest BCUT2D eigenvalue weighted by Crippen LogP contribution is 2.29. The Bertz CT molecular complexity index is 656. The van der Waals surface area contributed by atoms with Crippen LogP contribution in [0, 0.1) is 6.92 Å². The van der Waals surface area contributed by atoms with E-state index in [0.29, 0.717) is 17.4 Å². The van der Waals surface area contributed by atoms with Gasteiger partial charge in [-0.05, 0) is 37.5 Å². The standard InChI is InChI=1S/C16H18ClN3OS/c1-11-18-19-16(22-11)13-3-2-8-20(10-13)15(21)9-12-4-6-14(17)7-5-12/h4-7,13H,2-3,8-10H2,1H3/t13-/m1/s1. The number of rotatable bonds is 3. The van der Waals surface area contributed by atoms with Gasteiger partial charge < -0.3 is 4.90 Å². The van der Waals surface area contributed by atoms with E-state index in [1.165, 1.54) is 0 Å². The fraction of sp³-hybridized carbons (Fsp3) is 0.438. The maximum absolute atomic E-state index is 12.5. The number of hydrogen-bond donors (Lipinski definition) is 0. The molecule has 1 fully saturated rings. The summed E-state index contributed by atoms with van der Waals surface area (Å²) in [6.07, 6.45) is 2.54. The Morgan fingerprint density at radius 3 is 2.82 bits per heavy atom. The van der Waals surface area contributed by atoms with Gasteiger partial charge in [0.1, 0.15) is 10.0 Å². The maximum Gasteiger partial charge on any atom is 0.227 e. The van der Waals surface area contributed by atoms with Crippen LogP contribution in [0.15, 0.2) is 24.3 Å². The molecule has 1 aliphatic heterocycles. The summed E-state index contributed by atoms with van der Waals surface area (Å²) in [6, 6.07) is 7.48. The Morgan fingerprint density at radius 1 is 1.36 bits per heavy atom. The molecule has 3 rings (SSSR count). The van der Waals surface area contributed by atoms with Crippen LogP contribution in [0.1, 0.15) is 34.3 Å². The molecule has 0 bridgehead atoms. The van der Waals surface area contributed by atoms with Crippen LogP contribution < -0.4 is 0 Å². The van der Waals surface area contributed by atoms with Gasteiger partial charge in [0.15, 0.2) is 0 Å². The first-order valence-electron chi connectivity index (χ1n) is 7.44. The zero-order chi connectivity index (χ0) is 15.5. The largest absolute Gasteiger partial charge is 0.342 e. The molecule has 2 aromatic rings. The quantitative estimate of drug-likeness (QED) is 0.863. The summed E-state index contributed by atoms with van der Waals surface area (Å²) in [5, 5.41) is 11.1. The van der Waals surface area contributed by atoms with E-state index in [1.54, 1.807) is 11.3 Å². The van der Waals surface area contributed by atoms with E-state index in [0.717, 1.165) is 41.5 Å². The Hall–Kier alpha value is -1.46. The predicted molar refractivity (Wildman–Crippen MR) is 88.4 cm³/mol. The van der Waals surface area contributed by atoms with Crippen molar-refractivity contribution in [2.75, 3.05) is 13.1 Å². The molecule has 1 saturated heterocycles. The third-order valence-electron chi connectivity index (χ3n) is 3.93. The van der Waals surface area contributed by atoms with Crippen molar-refractivity contribution in [1.29, 1.82) is 0 Å². The van der Waals surface area contributed by atoms with E-state index in [9.17, 15) is 4.79 Å². The number of piperidine rings is 1. The molecule has 0 saturated carbocycles. The van der Waals surface area contributed by atoms with Crippen molar-refractivity contribution in [3.63, 3.8) is 0 Å². The Morgan fingerprint density at radius 2 is 2.14 bits per heavy atom. The van der Waals surface area contributed by atoms with Crippen LogP contribution in [0.5, 0.6) is 0 Å². The molecular formula is C16H18ClN3OS. The fourth-order valence-electron chi connectivity index (χ4n) is 2.77. The smallest absolute Gasteiger partial charge is 0.227 e. The molecule has 1 amide bonds. The lowest BCUT2D eigenvalue weighted by molar-refractivity contribution is -0.131. The zero-order valence-corrected chi connectivity index (χ0v) is 14.0. The topological polar surface area (TPSA) is 46.1 Å². The van der Waals surface area contributed by atoms with E-state index in [1.807, 2.05) is 36.1 Å². The highest BCUT2D eigenvalue weighted by molar-refractivity contribution is 7.11. The molecule has 0 N–H and O–H groups in total. The van der Waals surface area contributed by atoms with Gasteiger partial charge >= 0.3 is 0 Å². The third kappa shape index (κ3) is 3.65. The second-order valence-corrected chi connectivity index (χ2v) is 7.29. The zero-order valence-electron chi connectivity index (χ0n) is 12.5. The predicted octanol–water partition coefficient (Wildman–Crippen LogP) is 3.45. The van der Waals surface area contributed by atoms with Gasteiger partial charge in [-0.2, -0.15) is 0 Å². The summed E-state index contributed by atoms with van der Waals surface area (Å²) in [7, 11) is 0. The number of halogens is 1. The average molecular weight is 336 g/mol. The van der Waals surface area contributed by atoms with Gasteiger partial charge in [-0.1, -0.05) is 23.7 Å². The van der Waals surface area contributed by atoms with Gasteiger partial charge in [-0.3, -0.25) is 4.79 Å². The van der Waals surface area contributed by atoms with Crippen molar-refractivity contribution >= 4 is 28.8 Å². The van der Waals surface area contributed by atoms with Crippen molar-refractivity contribution in [2.45, 2.75) is 32.1 Å². The van der Waals surface area contributed by atoms with Crippen LogP contribution in [0.2, 0.25) is 5.02 Å². The second-order valence-electron chi connectivity index (χ2n) is 5.64. The van der Waals surface area contributed by atoms with Crippen molar-refractivity contribution in [3.05, 3.63) is 44.9 Å². The number of likely N-dealkylation sites (tertiary alicyclic amines) is 1. The molecule has 0 spiro atoms. The Kier molecular flexibility index (Phi) is 4.74. The van der Waals surface area contributed by atoms with Gasteiger partial charge in [-0.15, -0.1) is 21.5 Å². The molecule has 6 heteroatoms. The number of carbonyl (C=O) groups is 1. The van der Waals surface area contributed by atoms with E-state index in [2.05, 4.69) is 10.2 Å². The molecule has 22 heavy (non-hydrogen) atoms.